The molecule has 0 bridgehead atoms. The summed E-state index contributed by atoms with van der Waals surface area (Å²) in [4.78, 5) is 14.0. The molecular formula is C13H12F3N5O2. The summed E-state index contributed by atoms with van der Waals surface area (Å²) >= 11 is 0. The fourth-order valence-corrected chi connectivity index (χ4v) is 1.60. The average Bonchev–Trinajstić information content (AvgIpc) is 2.35. The van der Waals surface area contributed by atoms with Gasteiger partial charge in [-0.05, 0) is 38.4 Å². The number of amides is 1. The number of halogens is 3. The highest BCUT2D eigenvalue weighted by Crippen LogP contribution is 2.40. The Hall–Kier alpha value is -2.92. The molecule has 0 heterocycles. The largest absolute Gasteiger partial charge is 0.444 e. The van der Waals surface area contributed by atoms with Crippen molar-refractivity contribution in [2.24, 2.45) is 5.11 Å². The Kier molecular flexibility index (Phi) is 5.09. The lowest BCUT2D eigenvalue weighted by molar-refractivity contribution is -0.137. The van der Waals surface area contributed by atoms with E-state index in [1.807, 2.05) is 0 Å². The van der Waals surface area contributed by atoms with Crippen LogP contribution in [0, 0.1) is 11.3 Å². The number of hydrogen-bond acceptors (Lipinski definition) is 4. The molecule has 0 aromatic heterocycles. The van der Waals surface area contributed by atoms with E-state index in [4.69, 9.17) is 15.5 Å². The highest BCUT2D eigenvalue weighted by Gasteiger charge is 2.35. The van der Waals surface area contributed by atoms with Crippen LogP contribution in [0.1, 0.15) is 31.9 Å². The standard InChI is InChI=1S/C13H12F3N5O2/c1-12(2,3)23-11(22)19-9-5-4-8(13(14,15)16)10(20-21-18)7(9)6-17/h4-5H,1-3H3,(H,19,22). The predicted octanol–water partition coefficient (Wildman–Crippen LogP) is 4.87. The molecule has 0 aliphatic rings. The van der Waals surface area contributed by atoms with Gasteiger partial charge in [-0.1, -0.05) is 5.11 Å². The van der Waals surface area contributed by atoms with E-state index in [0.717, 1.165) is 6.07 Å². The van der Waals surface area contributed by atoms with Crippen molar-refractivity contribution in [2.45, 2.75) is 32.5 Å². The first-order valence-electron chi connectivity index (χ1n) is 6.19. The number of carbonyl (C=O) groups is 1. The number of nitriles is 1. The molecule has 0 fully saturated rings. The van der Waals surface area contributed by atoms with Crippen molar-refractivity contribution in [3.05, 3.63) is 33.7 Å². The highest BCUT2D eigenvalue weighted by molar-refractivity contribution is 5.89. The van der Waals surface area contributed by atoms with E-state index in [9.17, 15) is 18.0 Å². The van der Waals surface area contributed by atoms with Crippen molar-refractivity contribution in [1.29, 1.82) is 5.26 Å². The molecule has 1 amide bonds. The van der Waals surface area contributed by atoms with Crippen LogP contribution in [-0.2, 0) is 10.9 Å². The van der Waals surface area contributed by atoms with Crippen LogP contribution < -0.4 is 5.32 Å². The third-order valence-electron chi connectivity index (χ3n) is 2.38. The SMILES string of the molecule is CC(C)(C)OC(=O)Nc1ccc(C(F)(F)F)c(N=[N+]=[N-])c1C#N. The minimum Gasteiger partial charge on any atom is -0.444 e. The summed E-state index contributed by atoms with van der Waals surface area (Å²) in [7, 11) is 0. The smallest absolute Gasteiger partial charge is 0.416 e. The van der Waals surface area contributed by atoms with Gasteiger partial charge in [0.15, 0.2) is 0 Å². The van der Waals surface area contributed by atoms with Crippen molar-refractivity contribution in [3.63, 3.8) is 0 Å². The Balaban J connectivity index is 3.37. The topological polar surface area (TPSA) is 111 Å². The van der Waals surface area contributed by atoms with Crippen LogP contribution in [0.25, 0.3) is 10.4 Å². The van der Waals surface area contributed by atoms with Crippen molar-refractivity contribution in [3.8, 4) is 6.07 Å². The molecule has 1 aromatic carbocycles. The maximum Gasteiger partial charge on any atom is 0.416 e. The van der Waals surface area contributed by atoms with Gasteiger partial charge in [0.05, 0.1) is 22.5 Å². The van der Waals surface area contributed by atoms with E-state index >= 15 is 0 Å². The first-order chi connectivity index (χ1) is 10.5. The Morgan fingerprint density at radius 2 is 2.00 bits per heavy atom. The van der Waals surface area contributed by atoms with Gasteiger partial charge < -0.3 is 4.74 Å². The van der Waals surface area contributed by atoms with E-state index in [-0.39, 0.29) is 5.69 Å². The van der Waals surface area contributed by atoms with Crippen LogP contribution in [-0.4, -0.2) is 11.7 Å². The highest BCUT2D eigenvalue weighted by atomic mass is 19.4. The van der Waals surface area contributed by atoms with Gasteiger partial charge in [0.1, 0.15) is 11.7 Å². The number of carbonyl (C=O) groups excluding carboxylic acids is 1. The summed E-state index contributed by atoms with van der Waals surface area (Å²) in [5.41, 5.74) is 4.54. The number of nitrogens with zero attached hydrogens (tertiary/aromatic N) is 4. The summed E-state index contributed by atoms with van der Waals surface area (Å²) in [5, 5.41) is 14.2. The van der Waals surface area contributed by atoms with Gasteiger partial charge in [-0.15, -0.1) is 0 Å². The molecule has 0 aliphatic carbocycles. The van der Waals surface area contributed by atoms with E-state index in [2.05, 4.69) is 15.3 Å². The van der Waals surface area contributed by atoms with E-state index in [1.165, 1.54) is 6.07 Å². The normalized spacial score (nSPS) is 11.2. The summed E-state index contributed by atoms with van der Waals surface area (Å²) in [6, 6.07) is 2.99. The molecule has 23 heavy (non-hydrogen) atoms. The zero-order chi connectivity index (χ0) is 17.8. The number of benzene rings is 1. The monoisotopic (exact) mass is 327 g/mol. The third kappa shape index (κ3) is 4.79. The van der Waals surface area contributed by atoms with E-state index in [0.29, 0.717) is 6.07 Å². The minimum absolute atomic E-state index is 0.253. The van der Waals surface area contributed by atoms with Gasteiger partial charge >= 0.3 is 12.3 Å². The maximum absolute atomic E-state index is 12.9. The quantitative estimate of drug-likeness (QED) is 0.475. The van der Waals surface area contributed by atoms with E-state index < -0.39 is 34.7 Å². The lowest BCUT2D eigenvalue weighted by atomic mass is 10.1. The van der Waals surface area contributed by atoms with Gasteiger partial charge in [-0.25, -0.2) is 4.79 Å². The van der Waals surface area contributed by atoms with Gasteiger partial charge in [0.2, 0.25) is 0 Å². The number of rotatable bonds is 2. The summed E-state index contributed by atoms with van der Waals surface area (Å²) in [6.07, 6.45) is -5.78. The molecule has 0 saturated carbocycles. The van der Waals surface area contributed by atoms with Crippen LogP contribution in [0.2, 0.25) is 0 Å². The lowest BCUT2D eigenvalue weighted by Crippen LogP contribution is -2.27. The van der Waals surface area contributed by atoms with Crippen LogP contribution in [0.4, 0.5) is 29.3 Å². The second-order valence-electron chi connectivity index (χ2n) is 5.31. The summed E-state index contributed by atoms with van der Waals surface area (Å²) in [5.74, 6) is 0. The number of azide groups is 1. The molecule has 0 spiro atoms. The fourth-order valence-electron chi connectivity index (χ4n) is 1.60. The van der Waals surface area contributed by atoms with E-state index in [1.54, 1.807) is 20.8 Å². The lowest BCUT2D eigenvalue weighted by Gasteiger charge is -2.20. The van der Waals surface area contributed by atoms with Crippen LogP contribution in [0.3, 0.4) is 0 Å². The molecule has 1 aromatic rings. The summed E-state index contributed by atoms with van der Waals surface area (Å²) < 4.78 is 43.7. The number of nitrogens with one attached hydrogen (secondary N) is 1. The van der Waals surface area contributed by atoms with Crippen LogP contribution in [0.15, 0.2) is 17.2 Å². The second kappa shape index (κ2) is 6.46. The van der Waals surface area contributed by atoms with Crippen molar-refractivity contribution in [1.82, 2.24) is 0 Å². The number of hydrogen-bond donors (Lipinski definition) is 1. The molecule has 7 nitrogen and oxygen atoms in total. The Morgan fingerprint density at radius 1 is 1.39 bits per heavy atom. The molecule has 0 aliphatic heterocycles. The molecule has 0 atom stereocenters. The zero-order valence-electron chi connectivity index (χ0n) is 12.4. The average molecular weight is 327 g/mol. The third-order valence-corrected chi connectivity index (χ3v) is 2.38. The Labute approximate surface area is 129 Å². The molecule has 10 heteroatoms. The first-order valence-corrected chi connectivity index (χ1v) is 6.19. The Morgan fingerprint density at radius 3 is 2.43 bits per heavy atom. The van der Waals surface area contributed by atoms with Crippen LogP contribution in [0.5, 0.6) is 0 Å². The first kappa shape index (κ1) is 18.1. The van der Waals surface area contributed by atoms with Gasteiger partial charge in [0, 0.05) is 4.91 Å². The number of ether oxygens (including phenoxy) is 1. The van der Waals surface area contributed by atoms with Crippen molar-refractivity contribution in [2.75, 3.05) is 5.32 Å². The number of anilines is 1. The molecule has 122 valence electrons. The zero-order valence-corrected chi connectivity index (χ0v) is 12.4. The maximum atomic E-state index is 12.9. The second-order valence-corrected chi connectivity index (χ2v) is 5.31. The van der Waals surface area contributed by atoms with Crippen molar-refractivity contribution >= 4 is 17.5 Å². The van der Waals surface area contributed by atoms with Gasteiger partial charge in [-0.3, -0.25) is 5.32 Å². The summed E-state index contributed by atoms with van der Waals surface area (Å²) in [6.45, 7) is 4.78. The van der Waals surface area contributed by atoms with Crippen molar-refractivity contribution < 1.29 is 22.7 Å². The molecule has 0 saturated heterocycles. The molecular weight excluding hydrogens is 315 g/mol. The molecule has 1 N–H and O–H groups in total. The minimum atomic E-state index is -4.82. The number of alkyl halides is 3. The predicted molar refractivity (Wildman–Crippen MR) is 74.8 cm³/mol. The van der Waals surface area contributed by atoms with Crippen LogP contribution >= 0.6 is 0 Å². The Bertz CT molecular complexity index is 710. The molecule has 0 unspecified atom stereocenters. The molecule has 1 rings (SSSR count). The molecule has 0 radical (unpaired) electrons. The fraction of sp³-hybridized carbons (Fsp3) is 0.385. The van der Waals surface area contributed by atoms with Gasteiger partial charge in [-0.2, -0.15) is 18.4 Å². The van der Waals surface area contributed by atoms with Gasteiger partial charge in [0.25, 0.3) is 0 Å².